The molecule has 0 aliphatic carbocycles. The van der Waals surface area contributed by atoms with Gasteiger partial charge in [0.15, 0.2) is 5.82 Å². The van der Waals surface area contributed by atoms with Gasteiger partial charge in [0.25, 0.3) is 5.91 Å². The normalized spacial score (nSPS) is 13.4. The van der Waals surface area contributed by atoms with Crippen molar-refractivity contribution >= 4 is 29.3 Å². The molecular weight excluding hydrogens is 419 g/mol. The highest BCUT2D eigenvalue weighted by atomic mass is 32.2. The van der Waals surface area contributed by atoms with Crippen molar-refractivity contribution in [1.29, 1.82) is 0 Å². The van der Waals surface area contributed by atoms with Crippen molar-refractivity contribution in [3.63, 3.8) is 0 Å². The van der Waals surface area contributed by atoms with E-state index in [1.807, 2.05) is 4.90 Å². The highest BCUT2D eigenvalue weighted by Gasteiger charge is 2.20. The average molecular weight is 441 g/mol. The lowest BCUT2D eigenvalue weighted by molar-refractivity contribution is -0.127. The van der Waals surface area contributed by atoms with E-state index in [-0.39, 0.29) is 17.3 Å². The second-order valence-electron chi connectivity index (χ2n) is 7.13. The summed E-state index contributed by atoms with van der Waals surface area (Å²) in [6.07, 6.45) is 2.06. The van der Waals surface area contributed by atoms with Gasteiger partial charge in [0.1, 0.15) is 5.82 Å². The quantitative estimate of drug-likeness (QED) is 0.592. The Morgan fingerprint density at radius 2 is 1.94 bits per heavy atom. The molecule has 0 spiro atoms. The molecule has 0 bridgehead atoms. The molecule has 1 aliphatic heterocycles. The molecule has 1 N–H and O–H groups in total. The third-order valence-corrected chi connectivity index (χ3v) is 6.07. The molecule has 1 saturated heterocycles. The van der Waals surface area contributed by atoms with Crippen molar-refractivity contribution in [3.8, 4) is 5.69 Å². The van der Waals surface area contributed by atoms with E-state index >= 15 is 0 Å². The van der Waals surface area contributed by atoms with Crippen LogP contribution in [-0.4, -0.2) is 55.8 Å². The minimum absolute atomic E-state index is 0.0188. The monoisotopic (exact) mass is 440 g/mol. The number of halogens is 1. The first-order chi connectivity index (χ1) is 15.0. The van der Waals surface area contributed by atoms with Gasteiger partial charge in [0, 0.05) is 18.0 Å². The maximum atomic E-state index is 14.4. The molecule has 1 fully saturated rings. The number of amides is 2. The van der Waals surface area contributed by atoms with Crippen LogP contribution >= 0.6 is 11.8 Å². The lowest BCUT2D eigenvalue weighted by Gasteiger charge is -2.15. The lowest BCUT2D eigenvalue weighted by atomic mass is 10.2. The fourth-order valence-corrected chi connectivity index (χ4v) is 4.33. The van der Waals surface area contributed by atoms with Crippen molar-refractivity contribution in [2.45, 2.75) is 24.7 Å². The summed E-state index contributed by atoms with van der Waals surface area (Å²) < 4.78 is 15.8. The van der Waals surface area contributed by atoms with Crippen LogP contribution in [0.3, 0.4) is 0 Å². The fraction of sp³-hybridized carbons (Fsp3) is 0.286. The Kier molecular flexibility index (Phi) is 6.26. The molecule has 0 radical (unpaired) electrons. The minimum Gasteiger partial charge on any atom is -0.342 e. The van der Waals surface area contributed by atoms with E-state index in [2.05, 4.69) is 20.8 Å². The van der Waals surface area contributed by atoms with Gasteiger partial charge < -0.3 is 10.2 Å². The van der Waals surface area contributed by atoms with E-state index in [1.165, 1.54) is 34.6 Å². The van der Waals surface area contributed by atoms with Crippen molar-refractivity contribution in [2.75, 3.05) is 24.2 Å². The van der Waals surface area contributed by atoms with E-state index in [4.69, 9.17) is 0 Å². The van der Waals surface area contributed by atoms with Crippen molar-refractivity contribution < 1.29 is 14.0 Å². The first-order valence-corrected chi connectivity index (χ1v) is 10.9. The van der Waals surface area contributed by atoms with Gasteiger partial charge in [0.05, 0.1) is 22.7 Å². The second kappa shape index (κ2) is 9.25. The summed E-state index contributed by atoms with van der Waals surface area (Å²) >= 11 is 1.31. The summed E-state index contributed by atoms with van der Waals surface area (Å²) in [5.74, 6) is -0.174. The van der Waals surface area contributed by atoms with E-state index in [9.17, 15) is 14.0 Å². The predicted octanol–water partition coefficient (Wildman–Crippen LogP) is 3.08. The summed E-state index contributed by atoms with van der Waals surface area (Å²) in [7, 11) is 0. The molecule has 4 rings (SSSR count). The minimum atomic E-state index is -0.572. The van der Waals surface area contributed by atoms with Crippen LogP contribution in [0.1, 0.15) is 29.0 Å². The molecule has 0 saturated carbocycles. The van der Waals surface area contributed by atoms with Crippen molar-refractivity contribution in [1.82, 2.24) is 25.1 Å². The van der Waals surface area contributed by atoms with Gasteiger partial charge in [-0.05, 0) is 60.5 Å². The van der Waals surface area contributed by atoms with Crippen LogP contribution in [-0.2, 0) is 4.79 Å². The van der Waals surface area contributed by atoms with Gasteiger partial charge >= 0.3 is 0 Å². The maximum absolute atomic E-state index is 14.4. The summed E-state index contributed by atoms with van der Waals surface area (Å²) in [6, 6.07) is 11.2. The van der Waals surface area contributed by atoms with E-state index in [0.717, 1.165) is 25.9 Å². The Hall–Kier alpha value is -3.27. The standard InChI is InChI=1S/C21H21FN6O2S/c1-14-24-25-26-28(14)15-8-9-17(22)18(12-15)23-21(30)16-6-2-3-7-19(16)31-13-20(29)27-10-4-5-11-27/h2-3,6-9,12H,4-5,10-11,13H2,1H3,(H,23,30). The largest absolute Gasteiger partial charge is 0.342 e. The lowest BCUT2D eigenvalue weighted by Crippen LogP contribution is -2.29. The molecule has 2 amide bonds. The predicted molar refractivity (Wildman–Crippen MR) is 115 cm³/mol. The Balaban J connectivity index is 1.50. The molecule has 0 atom stereocenters. The number of nitrogens with zero attached hydrogens (tertiary/aromatic N) is 5. The highest BCUT2D eigenvalue weighted by Crippen LogP contribution is 2.26. The average Bonchev–Trinajstić information content (AvgIpc) is 3.46. The van der Waals surface area contributed by atoms with Crippen LogP contribution in [0.2, 0.25) is 0 Å². The molecule has 1 aromatic heterocycles. The molecule has 10 heteroatoms. The highest BCUT2D eigenvalue weighted by molar-refractivity contribution is 8.00. The molecule has 31 heavy (non-hydrogen) atoms. The zero-order valence-electron chi connectivity index (χ0n) is 16.9. The third kappa shape index (κ3) is 4.74. The van der Waals surface area contributed by atoms with Gasteiger partial charge in [-0.15, -0.1) is 16.9 Å². The van der Waals surface area contributed by atoms with Crippen LogP contribution in [0, 0.1) is 12.7 Å². The number of benzene rings is 2. The fourth-order valence-electron chi connectivity index (χ4n) is 3.38. The molecule has 160 valence electrons. The van der Waals surface area contributed by atoms with Gasteiger partial charge in [-0.3, -0.25) is 9.59 Å². The topological polar surface area (TPSA) is 93.0 Å². The van der Waals surface area contributed by atoms with Gasteiger partial charge in [-0.1, -0.05) is 12.1 Å². The summed E-state index contributed by atoms with van der Waals surface area (Å²) in [5.41, 5.74) is 0.925. The zero-order valence-corrected chi connectivity index (χ0v) is 17.7. The number of rotatable bonds is 6. The number of aryl methyl sites for hydroxylation is 1. The number of anilines is 1. The second-order valence-corrected chi connectivity index (χ2v) is 8.15. The van der Waals surface area contributed by atoms with Crippen LogP contribution in [0.25, 0.3) is 5.69 Å². The molecule has 8 nitrogen and oxygen atoms in total. The summed E-state index contributed by atoms with van der Waals surface area (Å²) in [4.78, 5) is 27.8. The molecule has 2 heterocycles. The van der Waals surface area contributed by atoms with E-state index < -0.39 is 11.7 Å². The number of carbonyl (C=O) groups is 2. The van der Waals surface area contributed by atoms with E-state index in [1.54, 1.807) is 31.2 Å². The SMILES string of the molecule is Cc1nnnn1-c1ccc(F)c(NC(=O)c2ccccc2SCC(=O)N2CCCC2)c1. The first-order valence-electron chi connectivity index (χ1n) is 9.89. The number of tetrazole rings is 1. The smallest absolute Gasteiger partial charge is 0.256 e. The number of carbonyl (C=O) groups excluding carboxylic acids is 2. The summed E-state index contributed by atoms with van der Waals surface area (Å²) in [6.45, 7) is 3.30. The Bertz CT molecular complexity index is 1110. The Morgan fingerprint density at radius 3 is 2.68 bits per heavy atom. The van der Waals surface area contributed by atoms with Gasteiger partial charge in [-0.25, -0.2) is 4.39 Å². The van der Waals surface area contributed by atoms with Crippen LogP contribution in [0.5, 0.6) is 0 Å². The first kappa shape index (κ1) is 21.0. The van der Waals surface area contributed by atoms with Gasteiger partial charge in [-0.2, -0.15) is 4.68 Å². The zero-order chi connectivity index (χ0) is 21.8. The molecule has 1 aliphatic rings. The molecule has 2 aromatic carbocycles. The van der Waals surface area contributed by atoms with Crippen molar-refractivity contribution in [2.24, 2.45) is 0 Å². The van der Waals surface area contributed by atoms with Crippen molar-refractivity contribution in [3.05, 3.63) is 59.7 Å². The number of aromatic nitrogens is 4. The molecule has 3 aromatic rings. The van der Waals surface area contributed by atoms with E-state index in [0.29, 0.717) is 22.0 Å². The van der Waals surface area contributed by atoms with Crippen LogP contribution in [0.15, 0.2) is 47.4 Å². The maximum Gasteiger partial charge on any atom is 0.256 e. The summed E-state index contributed by atoms with van der Waals surface area (Å²) in [5, 5.41) is 13.9. The van der Waals surface area contributed by atoms with Crippen LogP contribution < -0.4 is 5.32 Å². The third-order valence-electron chi connectivity index (χ3n) is 5.01. The number of thioether (sulfide) groups is 1. The number of nitrogens with one attached hydrogen (secondary N) is 1. The van der Waals surface area contributed by atoms with Gasteiger partial charge in [0.2, 0.25) is 5.91 Å². The van der Waals surface area contributed by atoms with Crippen LogP contribution in [0.4, 0.5) is 10.1 Å². The molecule has 0 unspecified atom stereocenters. The Morgan fingerprint density at radius 1 is 1.16 bits per heavy atom. The number of likely N-dealkylation sites (tertiary alicyclic amines) is 1. The Labute approximate surface area is 182 Å². The molecular formula is C21H21FN6O2S. The number of hydrogen-bond donors (Lipinski definition) is 1. The number of hydrogen-bond acceptors (Lipinski definition) is 6.